The van der Waals surface area contributed by atoms with E-state index in [1.165, 1.54) is 6.33 Å². The largest absolute Gasteiger partial charge is 0.353 e. The van der Waals surface area contributed by atoms with Crippen molar-refractivity contribution in [2.45, 2.75) is 19.9 Å². The summed E-state index contributed by atoms with van der Waals surface area (Å²) in [6.07, 6.45) is 1.78. The first kappa shape index (κ1) is 21.5. The van der Waals surface area contributed by atoms with Gasteiger partial charge in [0, 0.05) is 64.5 Å². The smallest absolute Gasteiger partial charge is 0.317 e. The van der Waals surface area contributed by atoms with E-state index in [0.717, 1.165) is 17.1 Å². The number of piperazine rings is 1. The van der Waals surface area contributed by atoms with Crippen LogP contribution in [0.15, 0.2) is 42.7 Å². The number of nitrogens with one attached hydrogen (secondary N) is 1. The van der Waals surface area contributed by atoms with E-state index in [1.54, 1.807) is 16.5 Å². The van der Waals surface area contributed by atoms with E-state index in [4.69, 9.17) is 0 Å². The zero-order valence-corrected chi connectivity index (χ0v) is 18.4. The van der Waals surface area contributed by atoms with E-state index in [0.29, 0.717) is 45.0 Å². The molecule has 3 aromatic rings. The summed E-state index contributed by atoms with van der Waals surface area (Å²) in [6, 6.07) is 11.6. The second-order valence-electron chi connectivity index (χ2n) is 7.92. The third-order valence-electron chi connectivity index (χ3n) is 5.54. The Morgan fingerprint density at radius 2 is 1.88 bits per heavy atom. The standard InChI is InChI=1S/C22H28N8O2/c1-17-14-19(30-21(26-17)24-16-25-30)28-10-12-29(13-11-28)20(31)8-9-23-22(32)27(2)15-18-6-4-3-5-7-18/h3-7,14,16H,8-13,15H2,1-2H3,(H,23,32). The zero-order chi connectivity index (χ0) is 22.5. The molecule has 168 valence electrons. The van der Waals surface area contributed by atoms with Crippen LogP contribution in [0.5, 0.6) is 0 Å². The zero-order valence-electron chi connectivity index (χ0n) is 18.4. The van der Waals surface area contributed by atoms with Gasteiger partial charge in [-0.15, -0.1) is 0 Å². The van der Waals surface area contributed by atoms with Crippen molar-refractivity contribution < 1.29 is 9.59 Å². The van der Waals surface area contributed by atoms with Crippen molar-refractivity contribution in [3.05, 3.63) is 54.0 Å². The van der Waals surface area contributed by atoms with Crippen molar-refractivity contribution in [3.8, 4) is 0 Å². The fraction of sp³-hybridized carbons (Fsp3) is 0.409. The van der Waals surface area contributed by atoms with Crippen LogP contribution >= 0.6 is 0 Å². The Balaban J connectivity index is 1.22. The molecule has 1 N–H and O–H groups in total. The number of aryl methyl sites for hydroxylation is 1. The number of fused-ring (bicyclic) bond motifs is 1. The number of hydrogen-bond donors (Lipinski definition) is 1. The highest BCUT2D eigenvalue weighted by atomic mass is 16.2. The van der Waals surface area contributed by atoms with E-state index < -0.39 is 0 Å². The molecule has 1 aromatic carbocycles. The first-order chi connectivity index (χ1) is 15.5. The number of aromatic nitrogens is 4. The van der Waals surface area contributed by atoms with Gasteiger partial charge >= 0.3 is 6.03 Å². The van der Waals surface area contributed by atoms with Gasteiger partial charge in [0.15, 0.2) is 0 Å². The van der Waals surface area contributed by atoms with Gasteiger partial charge in [0.05, 0.1) is 0 Å². The molecule has 1 aliphatic rings. The fourth-order valence-corrected chi connectivity index (χ4v) is 3.82. The summed E-state index contributed by atoms with van der Waals surface area (Å²) in [7, 11) is 1.75. The van der Waals surface area contributed by atoms with Gasteiger partial charge < -0.3 is 20.0 Å². The van der Waals surface area contributed by atoms with Gasteiger partial charge in [0.2, 0.25) is 5.91 Å². The molecule has 1 fully saturated rings. The highest BCUT2D eigenvalue weighted by Crippen LogP contribution is 2.18. The maximum absolute atomic E-state index is 12.6. The lowest BCUT2D eigenvalue weighted by Crippen LogP contribution is -2.50. The fourth-order valence-electron chi connectivity index (χ4n) is 3.82. The van der Waals surface area contributed by atoms with Gasteiger partial charge in [-0.1, -0.05) is 30.3 Å². The van der Waals surface area contributed by atoms with Crippen LogP contribution in [0.25, 0.3) is 5.78 Å². The highest BCUT2D eigenvalue weighted by molar-refractivity contribution is 5.78. The normalized spacial score (nSPS) is 13.9. The minimum Gasteiger partial charge on any atom is -0.353 e. The lowest BCUT2D eigenvalue weighted by Gasteiger charge is -2.36. The Morgan fingerprint density at radius 1 is 1.12 bits per heavy atom. The van der Waals surface area contributed by atoms with Crippen LogP contribution in [0.4, 0.5) is 10.6 Å². The van der Waals surface area contributed by atoms with E-state index >= 15 is 0 Å². The molecule has 0 radical (unpaired) electrons. The number of amides is 3. The maximum atomic E-state index is 12.6. The molecule has 1 aliphatic heterocycles. The van der Waals surface area contributed by atoms with Gasteiger partial charge in [0.1, 0.15) is 12.1 Å². The number of urea groups is 1. The van der Waals surface area contributed by atoms with Crippen LogP contribution in [0.2, 0.25) is 0 Å². The number of hydrogen-bond acceptors (Lipinski definition) is 6. The molecule has 0 unspecified atom stereocenters. The minimum absolute atomic E-state index is 0.0486. The van der Waals surface area contributed by atoms with E-state index in [1.807, 2.05) is 48.2 Å². The molecule has 0 bridgehead atoms. The molecule has 0 aliphatic carbocycles. The van der Waals surface area contributed by atoms with Crippen molar-refractivity contribution >= 4 is 23.5 Å². The van der Waals surface area contributed by atoms with E-state index in [-0.39, 0.29) is 18.4 Å². The second kappa shape index (κ2) is 9.63. The molecule has 1 saturated heterocycles. The molecule has 0 atom stereocenters. The Morgan fingerprint density at radius 3 is 2.62 bits per heavy atom. The molecule has 0 saturated carbocycles. The highest BCUT2D eigenvalue weighted by Gasteiger charge is 2.23. The predicted molar refractivity (Wildman–Crippen MR) is 120 cm³/mol. The van der Waals surface area contributed by atoms with Crippen molar-refractivity contribution in [3.63, 3.8) is 0 Å². The summed E-state index contributed by atoms with van der Waals surface area (Å²) in [5.74, 6) is 1.56. The summed E-state index contributed by atoms with van der Waals surface area (Å²) < 4.78 is 1.73. The Bertz CT molecular complexity index is 1080. The number of anilines is 1. The molecular formula is C22H28N8O2. The van der Waals surface area contributed by atoms with Gasteiger partial charge in [0.25, 0.3) is 5.78 Å². The third kappa shape index (κ3) is 4.96. The lowest BCUT2D eigenvalue weighted by molar-refractivity contribution is -0.131. The monoisotopic (exact) mass is 436 g/mol. The summed E-state index contributed by atoms with van der Waals surface area (Å²) >= 11 is 0. The molecule has 32 heavy (non-hydrogen) atoms. The summed E-state index contributed by atoms with van der Waals surface area (Å²) in [5.41, 5.74) is 1.94. The number of carbonyl (C=O) groups excluding carboxylic acids is 2. The van der Waals surface area contributed by atoms with Gasteiger partial charge in [-0.05, 0) is 12.5 Å². The predicted octanol–water partition coefficient (Wildman–Crippen LogP) is 1.31. The quantitative estimate of drug-likeness (QED) is 0.626. The molecule has 3 heterocycles. The van der Waals surface area contributed by atoms with Gasteiger partial charge in [-0.25, -0.2) is 9.78 Å². The van der Waals surface area contributed by atoms with Crippen LogP contribution in [0.3, 0.4) is 0 Å². The molecule has 10 heteroatoms. The average Bonchev–Trinajstić information content (AvgIpc) is 3.27. The van der Waals surface area contributed by atoms with Crippen LogP contribution in [0.1, 0.15) is 17.7 Å². The van der Waals surface area contributed by atoms with Gasteiger partial charge in [-0.2, -0.15) is 14.6 Å². The van der Waals surface area contributed by atoms with E-state index in [9.17, 15) is 9.59 Å². The van der Waals surface area contributed by atoms with Crippen molar-refractivity contribution in [1.82, 2.24) is 34.7 Å². The number of benzene rings is 1. The topological polar surface area (TPSA) is 99.0 Å². The van der Waals surface area contributed by atoms with Crippen molar-refractivity contribution in [1.29, 1.82) is 0 Å². The summed E-state index contributed by atoms with van der Waals surface area (Å²) in [5, 5.41) is 7.10. The molecule has 4 rings (SSSR count). The molecule has 3 amide bonds. The van der Waals surface area contributed by atoms with Crippen molar-refractivity contribution in [2.75, 3.05) is 44.7 Å². The SMILES string of the molecule is Cc1cc(N2CCN(C(=O)CCNC(=O)N(C)Cc3ccccc3)CC2)n2ncnc2n1. The summed E-state index contributed by atoms with van der Waals surface area (Å²) in [4.78, 5) is 39.1. The second-order valence-corrected chi connectivity index (χ2v) is 7.92. The van der Waals surface area contributed by atoms with Crippen molar-refractivity contribution in [2.24, 2.45) is 0 Å². The first-order valence-corrected chi connectivity index (χ1v) is 10.7. The van der Waals surface area contributed by atoms with Crippen LogP contribution in [0, 0.1) is 6.92 Å². The molecule has 2 aromatic heterocycles. The Labute approximate surface area is 186 Å². The Kier molecular flexibility index (Phi) is 6.48. The van der Waals surface area contributed by atoms with Gasteiger partial charge in [-0.3, -0.25) is 4.79 Å². The molecule has 0 spiro atoms. The summed E-state index contributed by atoms with van der Waals surface area (Å²) in [6.45, 7) is 5.43. The molecule has 10 nitrogen and oxygen atoms in total. The average molecular weight is 437 g/mol. The molecular weight excluding hydrogens is 408 g/mol. The van der Waals surface area contributed by atoms with E-state index in [2.05, 4.69) is 25.3 Å². The maximum Gasteiger partial charge on any atom is 0.317 e. The van der Waals surface area contributed by atoms with Crippen LogP contribution in [-0.4, -0.2) is 81.1 Å². The first-order valence-electron chi connectivity index (χ1n) is 10.7. The minimum atomic E-state index is -0.184. The number of carbonyl (C=O) groups is 2. The lowest BCUT2D eigenvalue weighted by atomic mass is 10.2. The van der Waals surface area contributed by atoms with Crippen LogP contribution < -0.4 is 10.2 Å². The third-order valence-corrected chi connectivity index (χ3v) is 5.54. The number of rotatable bonds is 6. The Hall–Kier alpha value is -3.69. The number of nitrogens with zero attached hydrogens (tertiary/aromatic N) is 7. The van der Waals surface area contributed by atoms with Crippen LogP contribution in [-0.2, 0) is 11.3 Å².